The topological polar surface area (TPSA) is 148 Å². The number of β-lactam (4-membered cyclic amide) rings is 1. The van der Waals surface area contributed by atoms with Crippen molar-refractivity contribution in [3.05, 3.63) is 11.3 Å². The summed E-state index contributed by atoms with van der Waals surface area (Å²) in [7, 11) is 1.25. The molecule has 0 aromatic carbocycles. The van der Waals surface area contributed by atoms with Crippen molar-refractivity contribution >= 4 is 51.6 Å². The number of primary amides is 1. The summed E-state index contributed by atoms with van der Waals surface area (Å²) in [6, 6.07) is 0. The minimum absolute atomic E-state index is 0.0396. The third-order valence-electron chi connectivity index (χ3n) is 3.47. The van der Waals surface area contributed by atoms with Gasteiger partial charge < -0.3 is 25.6 Å². The number of alkyl halides is 1. The molecule has 132 valence electrons. The number of nitrogens with two attached hydrogens (primary N) is 1. The number of thioether (sulfide) groups is 1. The Labute approximate surface area is 148 Å². The summed E-state index contributed by atoms with van der Waals surface area (Å²) in [6.07, 6.45) is -1.05. The van der Waals surface area contributed by atoms with Crippen LogP contribution in [0.25, 0.3) is 0 Å². The third-order valence-corrected chi connectivity index (χ3v) is 5.35. The molecule has 2 aliphatic rings. The summed E-state index contributed by atoms with van der Waals surface area (Å²) in [5, 5.41) is 11.1. The number of amides is 3. The molecule has 0 radical (unpaired) electrons. The van der Waals surface area contributed by atoms with Gasteiger partial charge in [0.2, 0.25) is 5.91 Å². The average molecular weight is 424 g/mol. The lowest BCUT2D eigenvalue weighted by atomic mass is 9.98. The van der Waals surface area contributed by atoms with Crippen LogP contribution in [0.4, 0.5) is 4.79 Å². The lowest BCUT2D eigenvalue weighted by molar-refractivity contribution is -0.192. The Balaban J connectivity index is 2.32. The maximum absolute atomic E-state index is 12.5. The Bertz CT molecular complexity index is 640. The molecule has 0 aliphatic carbocycles. The Morgan fingerprint density at radius 1 is 1.54 bits per heavy atom. The highest BCUT2D eigenvalue weighted by molar-refractivity contribution is 9.09. The highest BCUT2D eigenvalue weighted by Gasteiger charge is 2.66. The van der Waals surface area contributed by atoms with Crippen LogP contribution in [-0.4, -0.2) is 69.8 Å². The zero-order valence-electron chi connectivity index (χ0n) is 12.4. The van der Waals surface area contributed by atoms with Crippen LogP contribution in [0.5, 0.6) is 0 Å². The molecule has 1 fully saturated rings. The van der Waals surface area contributed by atoms with E-state index in [2.05, 4.69) is 26.0 Å². The molecule has 24 heavy (non-hydrogen) atoms. The Kier molecular flexibility index (Phi) is 5.40. The molecular formula is C12H14BrN3O7S. The fourth-order valence-corrected chi connectivity index (χ4v) is 4.01. The van der Waals surface area contributed by atoms with E-state index in [0.29, 0.717) is 0 Å². The van der Waals surface area contributed by atoms with E-state index in [9.17, 15) is 24.3 Å². The molecule has 0 spiro atoms. The molecule has 2 heterocycles. The first-order valence-electron chi connectivity index (χ1n) is 6.53. The molecule has 10 nitrogen and oxygen atoms in total. The van der Waals surface area contributed by atoms with E-state index in [1.54, 1.807) is 0 Å². The molecule has 1 saturated heterocycles. The number of carbonyl (C=O) groups is 4. The number of halogens is 1. The van der Waals surface area contributed by atoms with Gasteiger partial charge in [-0.05, 0) is 0 Å². The summed E-state index contributed by atoms with van der Waals surface area (Å²) in [5.74, 6) is -2.38. The summed E-state index contributed by atoms with van der Waals surface area (Å²) < 4.78 is 9.83. The zero-order chi connectivity index (χ0) is 18.1. The minimum atomic E-state index is -1.63. The number of nitrogens with one attached hydrogen (secondary N) is 1. The molecule has 0 aromatic rings. The molecule has 3 amide bonds. The lowest BCUT2D eigenvalue weighted by Gasteiger charge is -2.55. The van der Waals surface area contributed by atoms with E-state index >= 15 is 0 Å². The molecule has 0 unspecified atom stereocenters. The number of nitrogens with zero attached hydrogens (tertiary/aromatic N) is 1. The number of hydrogen-bond donors (Lipinski definition) is 3. The second-order valence-corrected chi connectivity index (χ2v) is 6.45. The highest BCUT2D eigenvalue weighted by Crippen LogP contribution is 2.46. The van der Waals surface area contributed by atoms with Gasteiger partial charge in [0, 0.05) is 18.4 Å². The average Bonchev–Trinajstić information content (AvgIpc) is 2.55. The van der Waals surface area contributed by atoms with Crippen LogP contribution in [0.15, 0.2) is 11.3 Å². The summed E-state index contributed by atoms with van der Waals surface area (Å²) in [4.78, 5) is 47.4. The maximum Gasteiger partial charge on any atom is 0.404 e. The van der Waals surface area contributed by atoms with Gasteiger partial charge in [-0.2, -0.15) is 0 Å². The van der Waals surface area contributed by atoms with Crippen molar-refractivity contribution in [3.63, 3.8) is 0 Å². The van der Waals surface area contributed by atoms with Crippen molar-refractivity contribution in [3.8, 4) is 0 Å². The van der Waals surface area contributed by atoms with E-state index in [1.807, 2.05) is 0 Å². The van der Waals surface area contributed by atoms with Crippen molar-refractivity contribution in [2.75, 3.05) is 24.8 Å². The highest BCUT2D eigenvalue weighted by atomic mass is 79.9. The molecule has 4 N–H and O–H groups in total. The first-order chi connectivity index (χ1) is 11.3. The first kappa shape index (κ1) is 18.5. The van der Waals surface area contributed by atoms with E-state index in [1.165, 1.54) is 18.9 Å². The van der Waals surface area contributed by atoms with E-state index in [0.717, 1.165) is 4.90 Å². The van der Waals surface area contributed by atoms with Crippen LogP contribution in [0, 0.1) is 0 Å². The van der Waals surface area contributed by atoms with Crippen LogP contribution in [0.2, 0.25) is 0 Å². The Morgan fingerprint density at radius 2 is 2.21 bits per heavy atom. The fourth-order valence-electron chi connectivity index (χ4n) is 2.45. The number of carboxylic acid groups (broad SMARTS) is 1. The molecule has 2 aliphatic heterocycles. The minimum Gasteiger partial charge on any atom is -0.477 e. The Hall–Kier alpha value is -1.79. The smallest absolute Gasteiger partial charge is 0.404 e. The zero-order valence-corrected chi connectivity index (χ0v) is 14.8. The number of hydrogen-bond acceptors (Lipinski definition) is 7. The lowest BCUT2D eigenvalue weighted by Crippen LogP contribution is -2.80. The van der Waals surface area contributed by atoms with Crippen LogP contribution >= 0.6 is 27.7 Å². The predicted octanol–water partition coefficient (Wildman–Crippen LogP) is -0.811. The van der Waals surface area contributed by atoms with Crippen LogP contribution in [-0.2, 0) is 23.9 Å². The van der Waals surface area contributed by atoms with Crippen molar-refractivity contribution in [1.29, 1.82) is 0 Å². The maximum atomic E-state index is 12.5. The Morgan fingerprint density at radius 3 is 2.71 bits per heavy atom. The SMILES string of the molecule is CO[C@@]1(NC(=O)CBr)C(=O)N2C(C(=O)O)=C(COC(N)=O)CS[C@H]21. The number of ether oxygens (including phenoxy) is 2. The second-order valence-electron chi connectivity index (χ2n) is 4.83. The number of fused-ring (bicyclic) bond motifs is 1. The van der Waals surface area contributed by atoms with Crippen molar-refractivity contribution in [2.45, 2.75) is 11.1 Å². The van der Waals surface area contributed by atoms with Crippen LogP contribution in [0.3, 0.4) is 0 Å². The van der Waals surface area contributed by atoms with Gasteiger partial charge in [-0.15, -0.1) is 11.8 Å². The number of carbonyl (C=O) groups excluding carboxylic acids is 3. The van der Waals surface area contributed by atoms with Crippen molar-refractivity contribution in [1.82, 2.24) is 10.2 Å². The molecule has 2 rings (SSSR count). The monoisotopic (exact) mass is 423 g/mol. The van der Waals surface area contributed by atoms with E-state index < -0.39 is 35.0 Å². The molecule has 0 bridgehead atoms. The largest absolute Gasteiger partial charge is 0.477 e. The summed E-state index contributed by atoms with van der Waals surface area (Å²) >= 11 is 4.15. The van der Waals surface area contributed by atoms with Crippen molar-refractivity contribution in [2.24, 2.45) is 5.73 Å². The van der Waals surface area contributed by atoms with Gasteiger partial charge in [0.05, 0.1) is 5.33 Å². The molecule has 12 heteroatoms. The number of aliphatic carboxylic acids is 1. The summed E-state index contributed by atoms with van der Waals surface area (Å²) in [6.45, 7) is -0.339. The van der Waals surface area contributed by atoms with Gasteiger partial charge in [-0.25, -0.2) is 9.59 Å². The van der Waals surface area contributed by atoms with Gasteiger partial charge in [-0.3, -0.25) is 14.5 Å². The predicted molar refractivity (Wildman–Crippen MR) is 85.0 cm³/mol. The fraction of sp³-hybridized carbons (Fsp3) is 0.500. The second kappa shape index (κ2) is 6.99. The van der Waals surface area contributed by atoms with Gasteiger partial charge in [0.15, 0.2) is 0 Å². The summed E-state index contributed by atoms with van der Waals surface area (Å²) in [5.41, 5.74) is 3.17. The number of rotatable bonds is 6. The molecule has 0 saturated carbocycles. The van der Waals surface area contributed by atoms with E-state index in [-0.39, 0.29) is 29.0 Å². The molecule has 0 aromatic heterocycles. The normalized spacial score (nSPS) is 25.7. The van der Waals surface area contributed by atoms with Crippen LogP contribution < -0.4 is 11.1 Å². The van der Waals surface area contributed by atoms with Gasteiger partial charge in [0.1, 0.15) is 17.7 Å². The molecule has 2 atom stereocenters. The van der Waals surface area contributed by atoms with Crippen molar-refractivity contribution < 1.29 is 33.8 Å². The van der Waals surface area contributed by atoms with E-state index in [4.69, 9.17) is 10.5 Å². The quantitative estimate of drug-likeness (QED) is 0.285. The van der Waals surface area contributed by atoms with Gasteiger partial charge in [-0.1, -0.05) is 15.9 Å². The van der Waals surface area contributed by atoms with Gasteiger partial charge >= 0.3 is 12.1 Å². The van der Waals surface area contributed by atoms with Crippen LogP contribution in [0.1, 0.15) is 0 Å². The molecular weight excluding hydrogens is 410 g/mol. The standard InChI is InChI=1S/C12H14BrN3O7S/c1-22-12(15-6(17)2-13)9(20)16-7(8(18)19)5(3-23-11(14)21)4-24-10(12)16/h10H,2-4H2,1H3,(H2,14,21)(H,15,17)(H,18,19)/t10-,12-/m0/s1. The number of methoxy groups -OCH3 is 1. The number of carboxylic acids is 1. The van der Waals surface area contributed by atoms with Gasteiger partial charge in [0.25, 0.3) is 11.6 Å². The first-order valence-corrected chi connectivity index (χ1v) is 8.70. The third kappa shape index (κ3) is 2.96.